The van der Waals surface area contributed by atoms with Gasteiger partial charge in [-0.15, -0.1) is 0 Å². The number of aryl methyl sites for hydroxylation is 1. The molecule has 0 spiro atoms. The molecule has 0 atom stereocenters. The predicted octanol–water partition coefficient (Wildman–Crippen LogP) is 4.48. The third-order valence-corrected chi connectivity index (χ3v) is 6.38. The Kier molecular flexibility index (Phi) is 5.27. The summed E-state index contributed by atoms with van der Waals surface area (Å²) < 4.78 is 27.3. The van der Waals surface area contributed by atoms with E-state index in [9.17, 15) is 9.18 Å². The number of benzene rings is 2. The van der Waals surface area contributed by atoms with Crippen LogP contribution in [0.1, 0.15) is 18.4 Å². The van der Waals surface area contributed by atoms with Crippen molar-refractivity contribution in [2.75, 3.05) is 20.3 Å². The smallest absolute Gasteiger partial charge is 0.250 e. The maximum absolute atomic E-state index is 14.4. The van der Waals surface area contributed by atoms with Gasteiger partial charge in [0.05, 0.1) is 11.1 Å². The van der Waals surface area contributed by atoms with Crippen LogP contribution in [0.2, 0.25) is 0 Å². The van der Waals surface area contributed by atoms with Gasteiger partial charge in [0.15, 0.2) is 0 Å². The van der Waals surface area contributed by atoms with Crippen molar-refractivity contribution in [3.05, 3.63) is 70.3 Å². The molecule has 28 heavy (non-hydrogen) atoms. The van der Waals surface area contributed by atoms with Gasteiger partial charge in [0.25, 0.3) is 5.56 Å². The van der Waals surface area contributed by atoms with Gasteiger partial charge in [0.1, 0.15) is 5.82 Å². The number of nitrogens with zero attached hydrogens (tertiary/aromatic N) is 1. The molecule has 0 radical (unpaired) electrons. The molecule has 1 aliphatic heterocycles. The molecule has 0 bridgehead atoms. The highest BCUT2D eigenvalue weighted by molar-refractivity contribution is 7.99. The van der Waals surface area contributed by atoms with Gasteiger partial charge in [0.2, 0.25) is 0 Å². The lowest BCUT2D eigenvalue weighted by Crippen LogP contribution is -2.35. The first-order chi connectivity index (χ1) is 13.5. The van der Waals surface area contributed by atoms with Crippen molar-refractivity contribution in [2.45, 2.75) is 28.2 Å². The topological polar surface area (TPSA) is 40.5 Å². The van der Waals surface area contributed by atoms with Gasteiger partial charge in [-0.2, -0.15) is 0 Å². The average molecular weight is 399 g/mol. The quantitative estimate of drug-likeness (QED) is 0.649. The summed E-state index contributed by atoms with van der Waals surface area (Å²) in [6.45, 7) is 1.21. The molecule has 146 valence electrons. The monoisotopic (exact) mass is 399 g/mol. The van der Waals surface area contributed by atoms with Crippen LogP contribution in [0.4, 0.5) is 4.39 Å². The molecule has 1 aliphatic rings. The van der Waals surface area contributed by atoms with E-state index in [2.05, 4.69) is 0 Å². The van der Waals surface area contributed by atoms with E-state index in [0.717, 1.165) is 26.3 Å². The predicted molar refractivity (Wildman–Crippen MR) is 108 cm³/mol. The van der Waals surface area contributed by atoms with Gasteiger partial charge in [-0.05, 0) is 53.4 Å². The highest BCUT2D eigenvalue weighted by Gasteiger charge is 2.35. The molecule has 4 rings (SSSR count). The molecule has 2 aromatic carbocycles. The largest absolute Gasteiger partial charge is 0.381 e. The van der Waals surface area contributed by atoms with E-state index in [-0.39, 0.29) is 11.4 Å². The first-order valence-electron chi connectivity index (χ1n) is 9.22. The van der Waals surface area contributed by atoms with Gasteiger partial charge in [0, 0.05) is 56.1 Å². The summed E-state index contributed by atoms with van der Waals surface area (Å²) in [4.78, 5) is 13.6. The highest BCUT2D eigenvalue weighted by atomic mass is 32.2. The molecule has 4 nitrogen and oxygen atoms in total. The zero-order chi connectivity index (χ0) is 19.7. The third kappa shape index (κ3) is 3.60. The van der Waals surface area contributed by atoms with Gasteiger partial charge < -0.3 is 14.0 Å². The Morgan fingerprint density at radius 3 is 2.61 bits per heavy atom. The number of halogens is 1. The fourth-order valence-corrected chi connectivity index (χ4v) is 4.71. The van der Waals surface area contributed by atoms with Crippen molar-refractivity contribution in [1.29, 1.82) is 0 Å². The minimum Gasteiger partial charge on any atom is -0.381 e. The number of rotatable bonds is 4. The number of fused-ring (bicyclic) bond motifs is 1. The third-order valence-electron chi connectivity index (χ3n) is 5.42. The maximum Gasteiger partial charge on any atom is 0.250 e. The van der Waals surface area contributed by atoms with Gasteiger partial charge in [-0.25, -0.2) is 4.39 Å². The molecule has 1 fully saturated rings. The summed E-state index contributed by atoms with van der Waals surface area (Å²) in [5.41, 5.74) is 1.18. The summed E-state index contributed by atoms with van der Waals surface area (Å²) in [5.74, 6) is -0.272. The Morgan fingerprint density at radius 1 is 1.07 bits per heavy atom. The van der Waals surface area contributed by atoms with Crippen LogP contribution in [0.5, 0.6) is 0 Å². The Hall–Kier alpha value is -2.15. The number of methoxy groups -OCH3 is 1. The first kappa shape index (κ1) is 19.2. The van der Waals surface area contributed by atoms with Crippen LogP contribution in [-0.4, -0.2) is 24.9 Å². The lowest BCUT2D eigenvalue weighted by molar-refractivity contribution is -0.0950. The zero-order valence-electron chi connectivity index (χ0n) is 15.9. The van der Waals surface area contributed by atoms with Gasteiger partial charge >= 0.3 is 0 Å². The second-order valence-corrected chi connectivity index (χ2v) is 8.19. The second kappa shape index (κ2) is 7.70. The summed E-state index contributed by atoms with van der Waals surface area (Å²) in [7, 11) is 3.44. The Balaban J connectivity index is 1.68. The SMILES string of the molecule is COC1(c2cc(F)cc(Sc3ccc4c(ccc(=O)n4C)c3)c2)CCOCC1. The Labute approximate surface area is 167 Å². The molecule has 3 aromatic rings. The zero-order valence-corrected chi connectivity index (χ0v) is 16.7. The van der Waals surface area contributed by atoms with Crippen molar-refractivity contribution in [1.82, 2.24) is 4.57 Å². The van der Waals surface area contributed by atoms with Crippen LogP contribution in [0, 0.1) is 5.82 Å². The molecule has 6 heteroatoms. The van der Waals surface area contributed by atoms with Crippen molar-refractivity contribution in [3.63, 3.8) is 0 Å². The average Bonchev–Trinajstić information content (AvgIpc) is 2.71. The highest BCUT2D eigenvalue weighted by Crippen LogP contribution is 2.39. The van der Waals surface area contributed by atoms with Crippen molar-refractivity contribution in [3.8, 4) is 0 Å². The molecule has 0 aliphatic carbocycles. The Morgan fingerprint density at radius 2 is 1.86 bits per heavy atom. The summed E-state index contributed by atoms with van der Waals surface area (Å²) in [5, 5.41) is 0.974. The van der Waals surface area contributed by atoms with Crippen molar-refractivity contribution in [2.24, 2.45) is 7.05 Å². The van der Waals surface area contributed by atoms with E-state index in [1.165, 1.54) is 11.8 Å². The van der Waals surface area contributed by atoms with Crippen LogP contribution in [-0.2, 0) is 22.1 Å². The number of hydrogen-bond donors (Lipinski definition) is 0. The first-order valence-corrected chi connectivity index (χ1v) is 10.0. The van der Waals surface area contributed by atoms with E-state index >= 15 is 0 Å². The van der Waals surface area contributed by atoms with E-state index in [4.69, 9.17) is 9.47 Å². The maximum atomic E-state index is 14.4. The van der Waals surface area contributed by atoms with E-state index < -0.39 is 5.60 Å². The molecular formula is C22H22FNO3S. The van der Waals surface area contributed by atoms with E-state index in [1.807, 2.05) is 30.3 Å². The van der Waals surface area contributed by atoms with Crippen LogP contribution in [0.25, 0.3) is 10.9 Å². The molecule has 1 saturated heterocycles. The minimum absolute atomic E-state index is 0.0380. The van der Waals surface area contributed by atoms with Crippen LogP contribution >= 0.6 is 11.8 Å². The van der Waals surface area contributed by atoms with E-state index in [1.54, 1.807) is 36.9 Å². The number of hydrogen-bond acceptors (Lipinski definition) is 4. The molecule has 2 heterocycles. The van der Waals surface area contributed by atoms with Gasteiger partial charge in [-0.3, -0.25) is 4.79 Å². The van der Waals surface area contributed by atoms with Crippen molar-refractivity contribution >= 4 is 22.7 Å². The molecule has 0 unspecified atom stereocenters. The number of ether oxygens (including phenoxy) is 2. The van der Waals surface area contributed by atoms with Crippen LogP contribution < -0.4 is 5.56 Å². The van der Waals surface area contributed by atoms with Crippen molar-refractivity contribution < 1.29 is 13.9 Å². The second-order valence-electron chi connectivity index (χ2n) is 7.04. The fraction of sp³-hybridized carbons (Fsp3) is 0.318. The molecule has 0 amide bonds. The number of aromatic nitrogens is 1. The molecule has 0 N–H and O–H groups in total. The standard InChI is InChI=1S/C22H22FNO3S/c1-24-20-5-4-18(11-15(20)3-6-21(24)25)28-19-13-16(12-17(23)14-19)22(26-2)7-9-27-10-8-22/h3-6,11-14H,7-10H2,1-2H3. The minimum atomic E-state index is -0.503. The van der Waals surface area contributed by atoms with E-state index in [0.29, 0.717) is 26.1 Å². The molecular weight excluding hydrogens is 377 g/mol. The Bertz CT molecular complexity index is 1070. The van der Waals surface area contributed by atoms with Crippen LogP contribution in [0.15, 0.2) is 63.1 Å². The number of pyridine rings is 1. The lowest BCUT2D eigenvalue weighted by atomic mass is 9.86. The molecule has 1 aromatic heterocycles. The fourth-order valence-electron chi connectivity index (χ4n) is 3.76. The summed E-state index contributed by atoms with van der Waals surface area (Å²) >= 11 is 1.50. The summed E-state index contributed by atoms with van der Waals surface area (Å²) in [6.07, 6.45) is 1.42. The summed E-state index contributed by atoms with van der Waals surface area (Å²) in [6, 6.07) is 14.4. The van der Waals surface area contributed by atoms with Gasteiger partial charge in [-0.1, -0.05) is 11.8 Å². The lowest BCUT2D eigenvalue weighted by Gasteiger charge is -2.36. The normalized spacial score (nSPS) is 16.4. The van der Waals surface area contributed by atoms with Crippen LogP contribution in [0.3, 0.4) is 0 Å². The molecule has 0 saturated carbocycles.